The van der Waals surface area contributed by atoms with Crippen molar-refractivity contribution >= 4 is 0 Å². The van der Waals surface area contributed by atoms with Crippen molar-refractivity contribution in [2.24, 2.45) is 5.73 Å². The number of nitrogens with two attached hydrogens (primary N) is 1. The van der Waals surface area contributed by atoms with Crippen molar-refractivity contribution in [1.82, 2.24) is 0 Å². The summed E-state index contributed by atoms with van der Waals surface area (Å²) in [6, 6.07) is 8.22. The number of methoxy groups -OCH3 is 1. The van der Waals surface area contributed by atoms with Crippen LogP contribution in [0, 0.1) is 0 Å². The van der Waals surface area contributed by atoms with E-state index in [1.807, 2.05) is 19.1 Å². The summed E-state index contributed by atoms with van der Waals surface area (Å²) < 4.78 is 11.0. The van der Waals surface area contributed by atoms with E-state index in [2.05, 4.69) is 26.0 Å². The molecule has 0 aliphatic rings. The summed E-state index contributed by atoms with van der Waals surface area (Å²) in [6.45, 7) is 6.96. The lowest BCUT2D eigenvalue weighted by molar-refractivity contribution is -0.0478. The van der Waals surface area contributed by atoms with Crippen molar-refractivity contribution in [3.63, 3.8) is 0 Å². The van der Waals surface area contributed by atoms with Crippen LogP contribution in [0.1, 0.15) is 39.2 Å². The van der Waals surface area contributed by atoms with Crippen molar-refractivity contribution in [1.29, 1.82) is 0 Å². The molecule has 2 unspecified atom stereocenters. The van der Waals surface area contributed by atoms with Gasteiger partial charge in [-0.15, -0.1) is 0 Å². The Balaban J connectivity index is 2.54. The topological polar surface area (TPSA) is 44.5 Å². The average Bonchev–Trinajstić information content (AvgIpc) is 2.45. The first kappa shape index (κ1) is 16.0. The molecular formula is C16H27NO2. The predicted molar refractivity (Wildman–Crippen MR) is 79.6 cm³/mol. The molecule has 2 N–H and O–H groups in total. The first-order valence-electron chi connectivity index (χ1n) is 7.08. The maximum atomic E-state index is 6.30. The molecule has 0 saturated heterocycles. The fourth-order valence-corrected chi connectivity index (χ4v) is 2.22. The zero-order valence-electron chi connectivity index (χ0n) is 12.6. The van der Waals surface area contributed by atoms with Crippen LogP contribution in [-0.4, -0.2) is 25.4 Å². The second-order valence-corrected chi connectivity index (χ2v) is 5.09. The monoisotopic (exact) mass is 265 g/mol. The fraction of sp³-hybridized carbons (Fsp3) is 0.625. The SMILES string of the molecule is CCOC(C)(CC)C(N)CCc1ccc(OC)cc1. The van der Waals surface area contributed by atoms with Gasteiger partial charge in [0.15, 0.2) is 0 Å². The number of benzene rings is 1. The molecule has 1 aromatic carbocycles. The van der Waals surface area contributed by atoms with E-state index in [1.54, 1.807) is 7.11 Å². The smallest absolute Gasteiger partial charge is 0.118 e. The van der Waals surface area contributed by atoms with Gasteiger partial charge in [0, 0.05) is 12.6 Å². The summed E-state index contributed by atoms with van der Waals surface area (Å²) in [5, 5.41) is 0. The Morgan fingerprint density at radius 3 is 2.32 bits per heavy atom. The molecule has 0 bridgehead atoms. The fourth-order valence-electron chi connectivity index (χ4n) is 2.22. The standard InChI is InChI=1S/C16H27NO2/c1-5-16(3,19-6-2)15(17)12-9-13-7-10-14(18-4)11-8-13/h7-8,10-11,15H,5-6,9,12,17H2,1-4H3. The van der Waals surface area contributed by atoms with E-state index < -0.39 is 0 Å². The molecule has 1 aromatic rings. The van der Waals surface area contributed by atoms with Gasteiger partial charge >= 0.3 is 0 Å². The molecule has 0 fully saturated rings. The highest BCUT2D eigenvalue weighted by Gasteiger charge is 2.29. The van der Waals surface area contributed by atoms with Crippen LogP contribution in [0.2, 0.25) is 0 Å². The molecule has 19 heavy (non-hydrogen) atoms. The van der Waals surface area contributed by atoms with Crippen molar-refractivity contribution in [2.75, 3.05) is 13.7 Å². The second kappa shape index (κ2) is 7.51. The number of rotatable bonds is 8. The molecule has 0 spiro atoms. The highest BCUT2D eigenvalue weighted by molar-refractivity contribution is 5.27. The lowest BCUT2D eigenvalue weighted by Gasteiger charge is -2.34. The quantitative estimate of drug-likeness (QED) is 0.785. The van der Waals surface area contributed by atoms with E-state index in [0.29, 0.717) is 6.61 Å². The molecule has 0 aliphatic heterocycles. The zero-order valence-corrected chi connectivity index (χ0v) is 12.6. The van der Waals surface area contributed by atoms with Crippen LogP contribution in [0.25, 0.3) is 0 Å². The number of aryl methyl sites for hydroxylation is 1. The third kappa shape index (κ3) is 4.51. The lowest BCUT2D eigenvalue weighted by Crippen LogP contribution is -2.47. The van der Waals surface area contributed by atoms with Crippen molar-refractivity contribution < 1.29 is 9.47 Å². The lowest BCUT2D eigenvalue weighted by atomic mass is 9.89. The summed E-state index contributed by atoms with van der Waals surface area (Å²) in [5.41, 5.74) is 7.37. The van der Waals surface area contributed by atoms with Gasteiger partial charge in [-0.1, -0.05) is 19.1 Å². The van der Waals surface area contributed by atoms with E-state index in [1.165, 1.54) is 5.56 Å². The van der Waals surface area contributed by atoms with E-state index in [4.69, 9.17) is 15.2 Å². The largest absolute Gasteiger partial charge is 0.497 e. The minimum absolute atomic E-state index is 0.0551. The van der Waals surface area contributed by atoms with Gasteiger partial charge in [-0.25, -0.2) is 0 Å². The van der Waals surface area contributed by atoms with Gasteiger partial charge in [0.25, 0.3) is 0 Å². The third-order valence-electron chi connectivity index (χ3n) is 3.86. The first-order valence-corrected chi connectivity index (χ1v) is 7.08. The highest BCUT2D eigenvalue weighted by atomic mass is 16.5. The molecule has 1 rings (SSSR count). The predicted octanol–water partition coefficient (Wildman–Crippen LogP) is 3.16. The Labute approximate surface area is 117 Å². The molecule has 0 aromatic heterocycles. The van der Waals surface area contributed by atoms with Gasteiger partial charge in [0.2, 0.25) is 0 Å². The molecule has 0 amide bonds. The molecule has 2 atom stereocenters. The Morgan fingerprint density at radius 1 is 1.21 bits per heavy atom. The molecule has 0 heterocycles. The Bertz CT molecular complexity index is 364. The zero-order chi connectivity index (χ0) is 14.3. The minimum atomic E-state index is -0.221. The van der Waals surface area contributed by atoms with Crippen molar-refractivity contribution in [3.05, 3.63) is 29.8 Å². The van der Waals surface area contributed by atoms with Gasteiger partial charge in [0.05, 0.1) is 12.7 Å². The van der Waals surface area contributed by atoms with E-state index in [-0.39, 0.29) is 11.6 Å². The molecule has 3 heteroatoms. The summed E-state index contributed by atoms with van der Waals surface area (Å²) >= 11 is 0. The minimum Gasteiger partial charge on any atom is -0.497 e. The van der Waals surface area contributed by atoms with Gasteiger partial charge in [-0.2, -0.15) is 0 Å². The van der Waals surface area contributed by atoms with E-state index in [9.17, 15) is 0 Å². The number of ether oxygens (including phenoxy) is 2. The maximum absolute atomic E-state index is 6.30. The highest BCUT2D eigenvalue weighted by Crippen LogP contribution is 2.22. The molecule has 108 valence electrons. The molecule has 0 radical (unpaired) electrons. The van der Waals surface area contributed by atoms with Gasteiger partial charge in [-0.05, 0) is 50.8 Å². The van der Waals surface area contributed by atoms with Crippen LogP contribution in [0.5, 0.6) is 5.75 Å². The van der Waals surface area contributed by atoms with Crippen LogP contribution in [0.3, 0.4) is 0 Å². The van der Waals surface area contributed by atoms with Crippen LogP contribution in [0.4, 0.5) is 0 Å². The molecule has 0 saturated carbocycles. The summed E-state index contributed by atoms with van der Waals surface area (Å²) in [7, 11) is 1.68. The van der Waals surface area contributed by atoms with Crippen molar-refractivity contribution in [2.45, 2.75) is 51.7 Å². The summed E-state index contributed by atoms with van der Waals surface area (Å²) in [6.07, 6.45) is 2.83. The Hall–Kier alpha value is -1.06. The first-order chi connectivity index (χ1) is 9.05. The van der Waals surface area contributed by atoms with Crippen molar-refractivity contribution in [3.8, 4) is 5.75 Å². The molecule has 3 nitrogen and oxygen atoms in total. The summed E-state index contributed by atoms with van der Waals surface area (Å²) in [4.78, 5) is 0. The van der Waals surface area contributed by atoms with Crippen LogP contribution in [-0.2, 0) is 11.2 Å². The number of hydrogen-bond donors (Lipinski definition) is 1. The van der Waals surface area contributed by atoms with Crippen LogP contribution >= 0.6 is 0 Å². The second-order valence-electron chi connectivity index (χ2n) is 5.09. The van der Waals surface area contributed by atoms with Crippen LogP contribution < -0.4 is 10.5 Å². The molecular weight excluding hydrogens is 238 g/mol. The Kier molecular flexibility index (Phi) is 6.32. The molecule has 0 aliphatic carbocycles. The third-order valence-corrected chi connectivity index (χ3v) is 3.86. The summed E-state index contributed by atoms with van der Waals surface area (Å²) in [5.74, 6) is 0.890. The van der Waals surface area contributed by atoms with Gasteiger partial charge < -0.3 is 15.2 Å². The normalized spacial score (nSPS) is 15.8. The van der Waals surface area contributed by atoms with E-state index in [0.717, 1.165) is 25.0 Å². The Morgan fingerprint density at radius 2 is 1.84 bits per heavy atom. The van der Waals surface area contributed by atoms with Crippen LogP contribution in [0.15, 0.2) is 24.3 Å². The average molecular weight is 265 g/mol. The maximum Gasteiger partial charge on any atom is 0.118 e. The number of hydrogen-bond acceptors (Lipinski definition) is 3. The van der Waals surface area contributed by atoms with Gasteiger partial charge in [-0.3, -0.25) is 0 Å². The van der Waals surface area contributed by atoms with E-state index >= 15 is 0 Å². The van der Waals surface area contributed by atoms with Gasteiger partial charge in [0.1, 0.15) is 5.75 Å².